The van der Waals surface area contributed by atoms with Crippen LogP contribution in [0.3, 0.4) is 0 Å². The SMILES string of the molecule is CCCOc1nc2ccccc2cc1/C=C/C(=O)N1CCCN(C)CC1. The number of rotatable bonds is 5. The van der Waals surface area contributed by atoms with Crippen LogP contribution >= 0.6 is 0 Å². The average molecular weight is 353 g/mol. The van der Waals surface area contributed by atoms with Crippen molar-refractivity contribution >= 4 is 22.9 Å². The van der Waals surface area contributed by atoms with Gasteiger partial charge in [-0.15, -0.1) is 0 Å². The molecule has 138 valence electrons. The molecule has 0 N–H and O–H groups in total. The molecule has 1 aromatic heterocycles. The highest BCUT2D eigenvalue weighted by molar-refractivity contribution is 5.93. The molecule has 0 spiro atoms. The minimum Gasteiger partial charge on any atom is -0.477 e. The minimum atomic E-state index is 0.0508. The summed E-state index contributed by atoms with van der Waals surface area (Å²) in [5.41, 5.74) is 1.75. The Morgan fingerprint density at radius 2 is 2.08 bits per heavy atom. The van der Waals surface area contributed by atoms with Crippen LogP contribution in [0.2, 0.25) is 0 Å². The predicted octanol–water partition coefficient (Wildman–Crippen LogP) is 3.20. The molecule has 1 aromatic carbocycles. The second kappa shape index (κ2) is 8.81. The van der Waals surface area contributed by atoms with Gasteiger partial charge in [0.2, 0.25) is 11.8 Å². The molecule has 2 heterocycles. The topological polar surface area (TPSA) is 45.7 Å². The zero-order valence-electron chi connectivity index (χ0n) is 15.6. The van der Waals surface area contributed by atoms with Crippen LogP contribution in [0.1, 0.15) is 25.3 Å². The number of likely N-dealkylation sites (N-methyl/N-ethyl adjacent to an activating group) is 1. The predicted molar refractivity (Wildman–Crippen MR) is 105 cm³/mol. The number of nitrogens with zero attached hydrogens (tertiary/aromatic N) is 3. The average Bonchev–Trinajstić information content (AvgIpc) is 2.88. The number of benzene rings is 1. The Labute approximate surface area is 155 Å². The molecule has 5 nitrogen and oxygen atoms in total. The molecule has 26 heavy (non-hydrogen) atoms. The number of amides is 1. The largest absolute Gasteiger partial charge is 0.477 e. The molecule has 1 aliphatic rings. The first kappa shape index (κ1) is 18.4. The number of aromatic nitrogens is 1. The Bertz CT molecular complexity index is 788. The van der Waals surface area contributed by atoms with Crippen molar-refractivity contribution in [2.45, 2.75) is 19.8 Å². The quantitative estimate of drug-likeness (QED) is 0.775. The van der Waals surface area contributed by atoms with Crippen LogP contribution < -0.4 is 4.74 Å². The van der Waals surface area contributed by atoms with Crippen LogP contribution in [0.4, 0.5) is 0 Å². The Kier molecular flexibility index (Phi) is 6.23. The summed E-state index contributed by atoms with van der Waals surface area (Å²) in [4.78, 5) is 21.4. The Hall–Kier alpha value is -2.40. The van der Waals surface area contributed by atoms with Crippen LogP contribution in [0, 0.1) is 0 Å². The van der Waals surface area contributed by atoms with Crippen LogP contribution in [-0.4, -0.2) is 60.5 Å². The maximum Gasteiger partial charge on any atom is 0.246 e. The van der Waals surface area contributed by atoms with Crippen molar-refractivity contribution in [3.63, 3.8) is 0 Å². The van der Waals surface area contributed by atoms with E-state index in [1.807, 2.05) is 41.3 Å². The van der Waals surface area contributed by atoms with Crippen LogP contribution in [0.5, 0.6) is 5.88 Å². The second-order valence-electron chi connectivity index (χ2n) is 6.74. The normalized spacial score (nSPS) is 16.2. The summed E-state index contributed by atoms with van der Waals surface area (Å²) in [6, 6.07) is 9.99. The molecule has 1 amide bonds. The van der Waals surface area contributed by atoms with Gasteiger partial charge in [0.25, 0.3) is 0 Å². The Balaban J connectivity index is 1.81. The second-order valence-corrected chi connectivity index (χ2v) is 6.74. The van der Waals surface area contributed by atoms with Crippen molar-refractivity contribution in [2.75, 3.05) is 39.8 Å². The van der Waals surface area contributed by atoms with Gasteiger partial charge in [-0.05, 0) is 44.6 Å². The third-order valence-electron chi connectivity index (χ3n) is 4.60. The van der Waals surface area contributed by atoms with E-state index in [0.717, 1.165) is 55.5 Å². The van der Waals surface area contributed by atoms with Gasteiger partial charge in [0, 0.05) is 36.7 Å². The zero-order valence-corrected chi connectivity index (χ0v) is 15.6. The van der Waals surface area contributed by atoms with Crippen LogP contribution in [0.15, 0.2) is 36.4 Å². The molecule has 0 bridgehead atoms. The van der Waals surface area contributed by atoms with Gasteiger partial charge in [-0.2, -0.15) is 0 Å². The molecule has 0 radical (unpaired) electrons. The molecule has 1 saturated heterocycles. The van der Waals surface area contributed by atoms with E-state index in [1.54, 1.807) is 6.08 Å². The first-order valence-corrected chi connectivity index (χ1v) is 9.35. The van der Waals surface area contributed by atoms with E-state index in [4.69, 9.17) is 4.74 Å². The van der Waals surface area contributed by atoms with Gasteiger partial charge in [-0.25, -0.2) is 4.98 Å². The molecule has 0 unspecified atom stereocenters. The highest BCUT2D eigenvalue weighted by Gasteiger charge is 2.15. The summed E-state index contributed by atoms with van der Waals surface area (Å²) in [5, 5.41) is 1.04. The van der Waals surface area contributed by atoms with Gasteiger partial charge in [0.05, 0.1) is 12.1 Å². The summed E-state index contributed by atoms with van der Waals surface area (Å²) >= 11 is 0. The molecular weight excluding hydrogens is 326 g/mol. The van der Waals surface area contributed by atoms with E-state index >= 15 is 0 Å². The summed E-state index contributed by atoms with van der Waals surface area (Å²) in [7, 11) is 2.10. The maximum absolute atomic E-state index is 12.6. The number of hydrogen-bond acceptors (Lipinski definition) is 4. The fourth-order valence-corrected chi connectivity index (χ4v) is 3.08. The molecule has 1 aliphatic heterocycles. The van der Waals surface area contributed by atoms with Crippen molar-refractivity contribution in [3.8, 4) is 5.88 Å². The van der Waals surface area contributed by atoms with Gasteiger partial charge in [0.1, 0.15) is 0 Å². The Morgan fingerprint density at radius 3 is 2.92 bits per heavy atom. The number of para-hydroxylation sites is 1. The van der Waals surface area contributed by atoms with E-state index in [0.29, 0.717) is 12.5 Å². The first-order valence-electron chi connectivity index (χ1n) is 9.35. The van der Waals surface area contributed by atoms with E-state index in [2.05, 4.69) is 23.9 Å². The molecular formula is C21H27N3O2. The van der Waals surface area contributed by atoms with Crippen molar-refractivity contribution in [1.82, 2.24) is 14.8 Å². The van der Waals surface area contributed by atoms with Crippen molar-refractivity contribution < 1.29 is 9.53 Å². The summed E-state index contributed by atoms with van der Waals surface area (Å²) in [5.74, 6) is 0.639. The van der Waals surface area contributed by atoms with Gasteiger partial charge >= 0.3 is 0 Å². The first-order chi connectivity index (χ1) is 12.7. The zero-order chi connectivity index (χ0) is 18.4. The van der Waals surface area contributed by atoms with Crippen molar-refractivity contribution in [2.24, 2.45) is 0 Å². The lowest BCUT2D eigenvalue weighted by atomic mass is 10.1. The molecule has 1 fully saturated rings. The molecule has 5 heteroatoms. The van der Waals surface area contributed by atoms with Crippen LogP contribution in [-0.2, 0) is 4.79 Å². The fraction of sp³-hybridized carbons (Fsp3) is 0.429. The van der Waals surface area contributed by atoms with Gasteiger partial charge in [-0.3, -0.25) is 4.79 Å². The summed E-state index contributed by atoms with van der Waals surface area (Å²) in [6.07, 6.45) is 5.41. The number of carbonyl (C=O) groups excluding carboxylic acids is 1. The van der Waals surface area contributed by atoms with E-state index in [-0.39, 0.29) is 5.91 Å². The number of ether oxygens (including phenoxy) is 1. The van der Waals surface area contributed by atoms with Crippen molar-refractivity contribution in [1.29, 1.82) is 0 Å². The number of fused-ring (bicyclic) bond motifs is 1. The van der Waals surface area contributed by atoms with Gasteiger partial charge in [-0.1, -0.05) is 25.1 Å². The molecule has 3 rings (SSSR count). The third-order valence-corrected chi connectivity index (χ3v) is 4.60. The van der Waals surface area contributed by atoms with Crippen LogP contribution in [0.25, 0.3) is 17.0 Å². The summed E-state index contributed by atoms with van der Waals surface area (Å²) in [6.45, 7) is 6.21. The molecule has 0 aliphatic carbocycles. The van der Waals surface area contributed by atoms with Gasteiger partial charge in [0.15, 0.2) is 0 Å². The lowest BCUT2D eigenvalue weighted by Crippen LogP contribution is -2.33. The number of pyridine rings is 1. The Morgan fingerprint density at radius 1 is 1.23 bits per heavy atom. The van der Waals surface area contributed by atoms with E-state index in [9.17, 15) is 4.79 Å². The lowest BCUT2D eigenvalue weighted by molar-refractivity contribution is -0.125. The lowest BCUT2D eigenvalue weighted by Gasteiger charge is -2.18. The maximum atomic E-state index is 12.6. The molecule has 0 saturated carbocycles. The monoisotopic (exact) mass is 353 g/mol. The van der Waals surface area contributed by atoms with Gasteiger partial charge < -0.3 is 14.5 Å². The van der Waals surface area contributed by atoms with Crippen molar-refractivity contribution in [3.05, 3.63) is 42.0 Å². The highest BCUT2D eigenvalue weighted by atomic mass is 16.5. The highest BCUT2D eigenvalue weighted by Crippen LogP contribution is 2.24. The van der Waals surface area contributed by atoms with E-state index in [1.165, 1.54) is 0 Å². The standard InChI is InChI=1S/C21H27N3O2/c1-3-15-26-21-18(16-17-7-4-5-8-19(17)22-21)9-10-20(25)24-12-6-11-23(2)13-14-24/h4-5,7-10,16H,3,6,11-15H2,1-2H3/b10-9+. The van der Waals surface area contributed by atoms with E-state index < -0.39 is 0 Å². The molecule has 2 aromatic rings. The fourth-order valence-electron chi connectivity index (χ4n) is 3.08. The number of hydrogen-bond donors (Lipinski definition) is 0. The number of carbonyl (C=O) groups is 1. The third kappa shape index (κ3) is 4.61. The minimum absolute atomic E-state index is 0.0508. The molecule has 0 atom stereocenters. The smallest absolute Gasteiger partial charge is 0.246 e. The summed E-state index contributed by atoms with van der Waals surface area (Å²) < 4.78 is 5.81.